The predicted molar refractivity (Wildman–Crippen MR) is 127 cm³/mol. The van der Waals surface area contributed by atoms with Crippen molar-refractivity contribution < 1.29 is 22.1 Å². The van der Waals surface area contributed by atoms with E-state index in [1.165, 1.54) is 12.1 Å². The van der Waals surface area contributed by atoms with Crippen LogP contribution in [0.15, 0.2) is 72.1 Å². The number of benzene rings is 2. The average molecular weight is 493 g/mol. The molecule has 9 heteroatoms. The number of aromatic nitrogens is 2. The number of aryl methyl sites for hydroxylation is 2. The predicted octanol–water partition coefficient (Wildman–Crippen LogP) is 4.28. The quantitative estimate of drug-likeness (QED) is 0.331. The lowest BCUT2D eigenvalue weighted by Crippen LogP contribution is -2.33. The molecule has 0 saturated carbocycles. The molecule has 0 bridgehead atoms. The fourth-order valence-electron chi connectivity index (χ4n) is 3.33. The Labute approximate surface area is 200 Å². The van der Waals surface area contributed by atoms with Gasteiger partial charge < -0.3 is 14.0 Å². The van der Waals surface area contributed by atoms with Crippen molar-refractivity contribution in [3.63, 3.8) is 0 Å². The van der Waals surface area contributed by atoms with E-state index in [4.69, 9.17) is 25.3 Å². The molecule has 0 aliphatic rings. The maximum Gasteiger partial charge on any atom is 0.297 e. The van der Waals surface area contributed by atoms with Gasteiger partial charge >= 0.3 is 0 Å². The van der Waals surface area contributed by atoms with Gasteiger partial charge in [0, 0.05) is 31.1 Å². The highest BCUT2D eigenvalue weighted by molar-refractivity contribution is 7.86. The van der Waals surface area contributed by atoms with Gasteiger partial charge in [-0.1, -0.05) is 41.4 Å². The Morgan fingerprint density at radius 2 is 1.76 bits per heavy atom. The summed E-state index contributed by atoms with van der Waals surface area (Å²) in [5, 5.41) is 0.692. The zero-order valence-corrected chi connectivity index (χ0v) is 20.3. The molecule has 3 rings (SSSR count). The Hall–Kier alpha value is -2.23. The molecule has 0 aliphatic carbocycles. The van der Waals surface area contributed by atoms with E-state index in [9.17, 15) is 8.42 Å². The van der Waals surface area contributed by atoms with Crippen molar-refractivity contribution in [3.05, 3.63) is 83.4 Å². The van der Waals surface area contributed by atoms with Crippen LogP contribution in [0.5, 0.6) is 0 Å². The van der Waals surface area contributed by atoms with Gasteiger partial charge in [-0.3, -0.25) is 4.18 Å². The fourth-order valence-corrected chi connectivity index (χ4v) is 4.40. The molecule has 0 aliphatic heterocycles. The maximum atomic E-state index is 12.6. The summed E-state index contributed by atoms with van der Waals surface area (Å²) in [7, 11) is -2.35. The van der Waals surface area contributed by atoms with Crippen molar-refractivity contribution in [1.82, 2.24) is 9.55 Å². The highest BCUT2D eigenvalue weighted by Gasteiger charge is 2.22. The first kappa shape index (κ1) is 25.4. The minimum atomic E-state index is -3.90. The molecule has 0 N–H and O–H groups in total. The minimum absolute atomic E-state index is 0.113. The van der Waals surface area contributed by atoms with Crippen molar-refractivity contribution >= 4 is 21.7 Å². The lowest BCUT2D eigenvalue weighted by molar-refractivity contribution is -0.0731. The summed E-state index contributed by atoms with van der Waals surface area (Å²) >= 11 is 5.98. The van der Waals surface area contributed by atoms with E-state index in [0.717, 1.165) is 17.5 Å². The van der Waals surface area contributed by atoms with E-state index in [-0.39, 0.29) is 24.2 Å². The van der Waals surface area contributed by atoms with Crippen LogP contribution >= 0.6 is 11.6 Å². The lowest BCUT2D eigenvalue weighted by atomic mass is 10.1. The fraction of sp³-hybridized carbons (Fsp3) is 0.375. The molecule has 33 heavy (non-hydrogen) atoms. The molecule has 2 atom stereocenters. The Morgan fingerprint density at radius 1 is 1.03 bits per heavy atom. The Kier molecular flexibility index (Phi) is 9.46. The average Bonchev–Trinajstić information content (AvgIpc) is 3.30. The summed E-state index contributed by atoms with van der Waals surface area (Å²) in [5.41, 5.74) is 2.11. The smallest absolute Gasteiger partial charge is 0.297 e. The molecule has 0 fully saturated rings. The molecular weight excluding hydrogens is 464 g/mol. The van der Waals surface area contributed by atoms with Crippen molar-refractivity contribution in [2.24, 2.45) is 0 Å². The maximum absolute atomic E-state index is 12.6. The SMILES string of the molecule is COC[C@@H](COS(=O)(=O)c1ccc(C)cc1)O[C@@H](CCc1ccc(Cl)cc1)Cn1ccnc1. The Bertz CT molecular complexity index is 1070. The summed E-state index contributed by atoms with van der Waals surface area (Å²) in [6.45, 7) is 2.51. The molecule has 1 aromatic heterocycles. The largest absolute Gasteiger partial charge is 0.382 e. The number of imidazole rings is 1. The van der Waals surface area contributed by atoms with Crippen LogP contribution in [0.25, 0.3) is 0 Å². The molecule has 7 nitrogen and oxygen atoms in total. The summed E-state index contributed by atoms with van der Waals surface area (Å²) < 4.78 is 44.0. The van der Waals surface area contributed by atoms with E-state index >= 15 is 0 Å². The topological polar surface area (TPSA) is 79.6 Å². The normalized spacial score (nSPS) is 13.7. The molecule has 1 heterocycles. The van der Waals surface area contributed by atoms with Crippen molar-refractivity contribution in [2.75, 3.05) is 20.3 Å². The van der Waals surface area contributed by atoms with Crippen LogP contribution in [0, 0.1) is 6.92 Å². The van der Waals surface area contributed by atoms with Crippen LogP contribution in [-0.4, -0.2) is 50.5 Å². The molecule has 0 radical (unpaired) electrons. The lowest BCUT2D eigenvalue weighted by Gasteiger charge is -2.25. The number of hydrogen-bond donors (Lipinski definition) is 0. The van der Waals surface area contributed by atoms with Crippen LogP contribution in [0.2, 0.25) is 5.02 Å². The van der Waals surface area contributed by atoms with Crippen LogP contribution in [0.3, 0.4) is 0 Å². The number of rotatable bonds is 13. The first-order chi connectivity index (χ1) is 15.9. The van der Waals surface area contributed by atoms with Gasteiger partial charge in [-0.25, -0.2) is 4.98 Å². The third-order valence-electron chi connectivity index (χ3n) is 5.10. The number of hydrogen-bond acceptors (Lipinski definition) is 6. The number of methoxy groups -OCH3 is 1. The third-order valence-corrected chi connectivity index (χ3v) is 6.65. The van der Waals surface area contributed by atoms with Crippen LogP contribution < -0.4 is 0 Å². The number of halogens is 1. The first-order valence-electron chi connectivity index (χ1n) is 10.7. The summed E-state index contributed by atoms with van der Waals surface area (Å²) in [6.07, 6.45) is 6.02. The van der Waals surface area contributed by atoms with Crippen LogP contribution in [0.4, 0.5) is 0 Å². The van der Waals surface area contributed by atoms with Crippen LogP contribution in [-0.2, 0) is 36.7 Å². The molecule has 0 amide bonds. The second-order valence-corrected chi connectivity index (χ2v) is 9.86. The summed E-state index contributed by atoms with van der Waals surface area (Å²) in [4.78, 5) is 4.20. The van der Waals surface area contributed by atoms with Crippen molar-refractivity contribution in [1.29, 1.82) is 0 Å². The standard InChI is InChI=1S/C24H29ClN2O5S/c1-19-3-11-24(12-4-19)33(28,29)31-17-23(16-30-2)32-22(15-27-14-13-26-18-27)10-7-20-5-8-21(25)9-6-20/h3-6,8-9,11-14,18,22-23H,7,10,15-17H2,1-2H3/t22-,23-/m0/s1. The van der Waals surface area contributed by atoms with Crippen molar-refractivity contribution in [2.45, 2.75) is 43.4 Å². The number of nitrogens with zero attached hydrogens (tertiary/aromatic N) is 2. The van der Waals surface area contributed by atoms with E-state index in [2.05, 4.69) is 4.98 Å². The molecule has 2 aromatic carbocycles. The van der Waals surface area contributed by atoms with E-state index in [1.54, 1.807) is 31.8 Å². The highest BCUT2D eigenvalue weighted by Crippen LogP contribution is 2.17. The van der Waals surface area contributed by atoms with Gasteiger partial charge in [-0.05, 0) is 49.6 Å². The first-order valence-corrected chi connectivity index (χ1v) is 12.4. The monoisotopic (exact) mass is 492 g/mol. The van der Waals surface area contributed by atoms with E-state index in [1.807, 2.05) is 42.0 Å². The number of ether oxygens (including phenoxy) is 2. The summed E-state index contributed by atoms with van der Waals surface area (Å²) in [6, 6.07) is 14.2. The molecular formula is C24H29ClN2O5S. The Morgan fingerprint density at radius 3 is 2.39 bits per heavy atom. The molecule has 0 saturated heterocycles. The van der Waals surface area contributed by atoms with Gasteiger partial charge in [0.2, 0.25) is 0 Å². The molecule has 178 valence electrons. The van der Waals surface area contributed by atoms with Gasteiger partial charge in [0.1, 0.15) is 6.10 Å². The molecule has 0 spiro atoms. The zero-order chi connectivity index (χ0) is 23.7. The molecule has 3 aromatic rings. The molecule has 0 unspecified atom stereocenters. The van der Waals surface area contributed by atoms with Gasteiger partial charge in [-0.15, -0.1) is 0 Å². The summed E-state index contributed by atoms with van der Waals surface area (Å²) in [5.74, 6) is 0. The minimum Gasteiger partial charge on any atom is -0.382 e. The van der Waals surface area contributed by atoms with E-state index in [0.29, 0.717) is 18.0 Å². The van der Waals surface area contributed by atoms with Gasteiger partial charge in [0.25, 0.3) is 10.1 Å². The second kappa shape index (κ2) is 12.3. The highest BCUT2D eigenvalue weighted by atomic mass is 35.5. The van der Waals surface area contributed by atoms with Crippen molar-refractivity contribution in [3.8, 4) is 0 Å². The van der Waals surface area contributed by atoms with Gasteiger partial charge in [-0.2, -0.15) is 8.42 Å². The van der Waals surface area contributed by atoms with Gasteiger partial charge in [0.15, 0.2) is 0 Å². The Balaban J connectivity index is 1.65. The van der Waals surface area contributed by atoms with Crippen LogP contribution in [0.1, 0.15) is 17.5 Å². The van der Waals surface area contributed by atoms with Gasteiger partial charge in [0.05, 0.1) is 30.5 Å². The van der Waals surface area contributed by atoms with E-state index < -0.39 is 16.2 Å². The second-order valence-electron chi connectivity index (χ2n) is 7.81. The third kappa shape index (κ3) is 8.24. The zero-order valence-electron chi connectivity index (χ0n) is 18.8.